The first-order chi connectivity index (χ1) is 12.8. The Morgan fingerprint density at radius 3 is 2.00 bits per heavy atom. The lowest BCUT2D eigenvalue weighted by molar-refractivity contribution is -0.383. The number of rotatable bonds is 2. The van der Waals surface area contributed by atoms with Crippen molar-refractivity contribution in [3.05, 3.63) is 57.1 Å². The molecule has 0 amide bonds. The largest absolute Gasteiger partial charge is 0.426 e. The number of non-ortho nitro benzene ring substituents is 1. The van der Waals surface area contributed by atoms with Crippen molar-refractivity contribution in [2.24, 2.45) is 0 Å². The average Bonchev–Trinajstić information content (AvgIpc) is 2.89. The molecule has 0 fully saturated rings. The van der Waals surface area contributed by atoms with Gasteiger partial charge in [-0.3, -0.25) is 10.1 Å². The number of halogens is 6. The third-order valence-electron chi connectivity index (χ3n) is 3.90. The van der Waals surface area contributed by atoms with E-state index < -0.39 is 45.5 Å². The lowest BCUT2D eigenvalue weighted by atomic mass is 10.0. The van der Waals surface area contributed by atoms with Crippen LogP contribution in [0.25, 0.3) is 22.4 Å². The standard InChI is InChI=1S/C16H9F6N3O3/c1-7-2-11-13(12(3-7)25(27)28)23-14(24(11)26)8-4-9(15(17,18)19)6-10(5-8)16(20,21)22/h2-6,26H,1H3. The van der Waals surface area contributed by atoms with Crippen LogP contribution in [-0.2, 0) is 12.4 Å². The molecule has 0 aliphatic heterocycles. The van der Waals surface area contributed by atoms with Crippen molar-refractivity contribution in [3.8, 4) is 11.4 Å². The van der Waals surface area contributed by atoms with E-state index in [1.165, 1.54) is 13.0 Å². The number of alkyl halides is 6. The van der Waals surface area contributed by atoms with Gasteiger partial charge in [0.05, 0.1) is 16.1 Å². The second-order valence-corrected chi connectivity index (χ2v) is 5.95. The molecule has 1 N–H and O–H groups in total. The van der Waals surface area contributed by atoms with Gasteiger partial charge in [-0.1, -0.05) is 0 Å². The molecule has 1 aromatic heterocycles. The van der Waals surface area contributed by atoms with Gasteiger partial charge in [0, 0.05) is 11.6 Å². The Morgan fingerprint density at radius 2 is 1.54 bits per heavy atom. The van der Waals surface area contributed by atoms with Crippen LogP contribution in [0.3, 0.4) is 0 Å². The molecule has 2 aromatic carbocycles. The topological polar surface area (TPSA) is 81.2 Å². The summed E-state index contributed by atoms with van der Waals surface area (Å²) < 4.78 is 78.4. The monoisotopic (exact) mass is 405 g/mol. The Kier molecular flexibility index (Phi) is 4.24. The molecule has 28 heavy (non-hydrogen) atoms. The van der Waals surface area contributed by atoms with E-state index >= 15 is 0 Å². The second kappa shape index (κ2) is 6.11. The number of imidazole rings is 1. The molecule has 3 aromatic rings. The fourth-order valence-corrected chi connectivity index (χ4v) is 2.69. The van der Waals surface area contributed by atoms with Gasteiger partial charge in [0.1, 0.15) is 5.52 Å². The van der Waals surface area contributed by atoms with Crippen LogP contribution in [0.2, 0.25) is 0 Å². The maximum atomic E-state index is 13.0. The molecule has 0 aliphatic carbocycles. The minimum absolute atomic E-state index is 0.0690. The number of aromatic nitrogens is 2. The molecule has 3 rings (SSSR count). The van der Waals surface area contributed by atoms with Gasteiger partial charge >= 0.3 is 12.4 Å². The zero-order valence-electron chi connectivity index (χ0n) is 13.8. The zero-order valence-corrected chi connectivity index (χ0v) is 13.8. The highest BCUT2D eigenvalue weighted by atomic mass is 19.4. The van der Waals surface area contributed by atoms with Gasteiger partial charge in [0.25, 0.3) is 5.69 Å². The highest BCUT2D eigenvalue weighted by Crippen LogP contribution is 2.39. The normalized spacial score (nSPS) is 12.5. The number of fused-ring (bicyclic) bond motifs is 1. The number of benzene rings is 2. The summed E-state index contributed by atoms with van der Waals surface area (Å²) in [7, 11) is 0. The minimum Gasteiger partial charge on any atom is -0.426 e. The zero-order chi connectivity index (χ0) is 21.0. The Balaban J connectivity index is 2.35. The summed E-state index contributed by atoms with van der Waals surface area (Å²) in [6.45, 7) is 1.46. The summed E-state index contributed by atoms with van der Waals surface area (Å²) in [5, 5.41) is 21.4. The average molecular weight is 405 g/mol. The van der Waals surface area contributed by atoms with E-state index in [2.05, 4.69) is 4.98 Å². The molecule has 6 nitrogen and oxygen atoms in total. The molecule has 0 saturated heterocycles. The molecule has 0 radical (unpaired) electrons. The summed E-state index contributed by atoms with van der Waals surface area (Å²) >= 11 is 0. The summed E-state index contributed by atoms with van der Waals surface area (Å²) in [4.78, 5) is 14.1. The van der Waals surface area contributed by atoms with Crippen LogP contribution in [0.1, 0.15) is 16.7 Å². The van der Waals surface area contributed by atoms with Crippen molar-refractivity contribution >= 4 is 16.7 Å². The van der Waals surface area contributed by atoms with Crippen LogP contribution in [-0.4, -0.2) is 19.8 Å². The quantitative estimate of drug-likeness (QED) is 0.275. The predicted octanol–water partition coefficient (Wildman–Crippen LogP) is 5.19. The Morgan fingerprint density at radius 1 is 1.00 bits per heavy atom. The van der Waals surface area contributed by atoms with Crippen LogP contribution in [0, 0.1) is 17.0 Å². The molecular formula is C16H9F6N3O3. The lowest BCUT2D eigenvalue weighted by Crippen LogP contribution is -2.11. The summed E-state index contributed by atoms with van der Waals surface area (Å²) in [5.41, 5.74) is -4.72. The highest BCUT2D eigenvalue weighted by Gasteiger charge is 2.37. The number of nitro benzene ring substituents is 1. The summed E-state index contributed by atoms with van der Waals surface area (Å²) in [5.74, 6) is -0.694. The molecule has 0 spiro atoms. The van der Waals surface area contributed by atoms with Gasteiger partial charge < -0.3 is 5.21 Å². The van der Waals surface area contributed by atoms with Gasteiger partial charge in [-0.15, -0.1) is 0 Å². The Labute approximate surface area is 151 Å². The molecule has 0 bridgehead atoms. The molecule has 1 heterocycles. The first kappa shape index (κ1) is 19.5. The molecular weight excluding hydrogens is 396 g/mol. The molecule has 0 aliphatic rings. The smallest absolute Gasteiger partial charge is 0.416 e. The number of hydrogen-bond acceptors (Lipinski definition) is 4. The third-order valence-corrected chi connectivity index (χ3v) is 3.90. The van der Waals surface area contributed by atoms with Crippen LogP contribution >= 0.6 is 0 Å². The SMILES string of the molecule is Cc1cc([N+](=O)[O-])c2nc(-c3cc(C(F)(F)F)cc(C(F)(F)F)c3)n(O)c2c1. The van der Waals surface area contributed by atoms with Gasteiger partial charge in [-0.25, -0.2) is 4.98 Å². The summed E-state index contributed by atoms with van der Waals surface area (Å²) in [6, 6.07) is 3.06. The highest BCUT2D eigenvalue weighted by molar-refractivity contribution is 5.88. The Hall–Kier alpha value is -3.31. The van der Waals surface area contributed by atoms with Gasteiger partial charge in [0.2, 0.25) is 0 Å². The predicted molar refractivity (Wildman–Crippen MR) is 83.7 cm³/mol. The van der Waals surface area contributed by atoms with Gasteiger partial charge in [-0.05, 0) is 36.8 Å². The number of nitro groups is 1. The van der Waals surface area contributed by atoms with Gasteiger partial charge in [-0.2, -0.15) is 31.1 Å². The van der Waals surface area contributed by atoms with E-state index in [9.17, 15) is 41.7 Å². The number of nitrogens with zero attached hydrogens (tertiary/aromatic N) is 3. The van der Waals surface area contributed by atoms with E-state index in [0.717, 1.165) is 6.07 Å². The summed E-state index contributed by atoms with van der Waals surface area (Å²) in [6.07, 6.45) is -10.2. The molecule has 148 valence electrons. The van der Waals surface area contributed by atoms with E-state index in [1.54, 1.807) is 0 Å². The van der Waals surface area contributed by atoms with E-state index in [1.807, 2.05) is 0 Å². The van der Waals surface area contributed by atoms with Crippen LogP contribution in [0.4, 0.5) is 32.0 Å². The third kappa shape index (κ3) is 3.32. The van der Waals surface area contributed by atoms with E-state index in [-0.39, 0.29) is 21.8 Å². The Bertz CT molecular complexity index is 1070. The van der Waals surface area contributed by atoms with Crippen LogP contribution < -0.4 is 0 Å². The molecule has 0 unspecified atom stereocenters. The molecule has 12 heteroatoms. The maximum absolute atomic E-state index is 13.0. The maximum Gasteiger partial charge on any atom is 0.416 e. The lowest BCUT2D eigenvalue weighted by Gasteiger charge is -2.13. The van der Waals surface area contributed by atoms with Crippen molar-refractivity contribution in [2.75, 3.05) is 0 Å². The first-order valence-corrected chi connectivity index (χ1v) is 7.45. The van der Waals surface area contributed by atoms with Crippen molar-refractivity contribution in [1.82, 2.24) is 9.71 Å². The number of aryl methyl sites for hydroxylation is 1. The van der Waals surface area contributed by atoms with E-state index in [0.29, 0.717) is 17.7 Å². The fourth-order valence-electron chi connectivity index (χ4n) is 2.69. The molecule has 0 saturated carbocycles. The van der Waals surface area contributed by atoms with E-state index in [4.69, 9.17) is 0 Å². The van der Waals surface area contributed by atoms with Gasteiger partial charge in [0.15, 0.2) is 11.3 Å². The van der Waals surface area contributed by atoms with Crippen molar-refractivity contribution < 1.29 is 36.5 Å². The van der Waals surface area contributed by atoms with Crippen LogP contribution in [0.15, 0.2) is 30.3 Å². The van der Waals surface area contributed by atoms with Crippen LogP contribution in [0.5, 0.6) is 0 Å². The number of hydrogen-bond donors (Lipinski definition) is 1. The van der Waals surface area contributed by atoms with Crippen molar-refractivity contribution in [2.45, 2.75) is 19.3 Å². The minimum atomic E-state index is -5.09. The fraction of sp³-hybridized carbons (Fsp3) is 0.188. The second-order valence-electron chi connectivity index (χ2n) is 5.95. The van der Waals surface area contributed by atoms with Crippen molar-refractivity contribution in [1.29, 1.82) is 0 Å². The molecule has 0 atom stereocenters. The van der Waals surface area contributed by atoms with Crippen molar-refractivity contribution in [3.63, 3.8) is 0 Å². The first-order valence-electron chi connectivity index (χ1n) is 7.45.